The van der Waals surface area contributed by atoms with E-state index in [1.165, 1.54) is 0 Å². The highest BCUT2D eigenvalue weighted by molar-refractivity contribution is 5.84. The van der Waals surface area contributed by atoms with Gasteiger partial charge in [-0.1, -0.05) is 39.0 Å². The van der Waals surface area contributed by atoms with Crippen molar-refractivity contribution >= 4 is 11.9 Å². The maximum atomic E-state index is 11.8. The van der Waals surface area contributed by atoms with Crippen molar-refractivity contribution in [1.29, 1.82) is 0 Å². The van der Waals surface area contributed by atoms with E-state index < -0.39 is 17.4 Å². The standard InChI is InChI=1S/C15H21NO4/c1-15(2,3)13(14(19)20)16-12(18)9-8-10-6-4-5-7-11(10)17/h4-7,13,17H,8-9H2,1-3H3,(H,16,18)(H,19,20). The minimum atomic E-state index is -1.05. The molecular weight excluding hydrogens is 258 g/mol. The van der Waals surface area contributed by atoms with Crippen LogP contribution >= 0.6 is 0 Å². The number of phenolic OH excluding ortho intramolecular Hbond substituents is 1. The molecular formula is C15H21NO4. The summed E-state index contributed by atoms with van der Waals surface area (Å²) in [5.41, 5.74) is 0.112. The molecule has 0 saturated carbocycles. The van der Waals surface area contributed by atoms with E-state index in [-0.39, 0.29) is 18.1 Å². The Morgan fingerprint density at radius 3 is 2.35 bits per heavy atom. The highest BCUT2D eigenvalue weighted by atomic mass is 16.4. The number of benzene rings is 1. The van der Waals surface area contributed by atoms with Crippen molar-refractivity contribution in [2.45, 2.75) is 39.7 Å². The molecule has 1 atom stereocenters. The number of hydrogen-bond donors (Lipinski definition) is 3. The highest BCUT2D eigenvalue weighted by Gasteiger charge is 2.32. The number of aryl methyl sites for hydroxylation is 1. The first-order chi connectivity index (χ1) is 9.21. The van der Waals surface area contributed by atoms with Gasteiger partial charge >= 0.3 is 5.97 Å². The summed E-state index contributed by atoms with van der Waals surface area (Å²) in [6.45, 7) is 5.28. The molecule has 20 heavy (non-hydrogen) atoms. The van der Waals surface area contributed by atoms with E-state index in [1.807, 2.05) is 0 Å². The molecule has 0 bridgehead atoms. The Morgan fingerprint density at radius 2 is 1.85 bits per heavy atom. The predicted octanol–water partition coefficient (Wildman–Crippen LogP) is 1.94. The van der Waals surface area contributed by atoms with E-state index >= 15 is 0 Å². The normalized spacial score (nSPS) is 12.8. The molecule has 3 N–H and O–H groups in total. The minimum absolute atomic E-state index is 0.136. The largest absolute Gasteiger partial charge is 0.508 e. The quantitative estimate of drug-likeness (QED) is 0.768. The molecule has 0 spiro atoms. The Hall–Kier alpha value is -2.04. The third-order valence-corrected chi connectivity index (χ3v) is 3.03. The molecule has 0 aliphatic carbocycles. The number of carboxylic acid groups (broad SMARTS) is 1. The molecule has 1 amide bonds. The molecule has 0 radical (unpaired) electrons. The lowest BCUT2D eigenvalue weighted by molar-refractivity contribution is -0.144. The fourth-order valence-electron chi connectivity index (χ4n) is 1.85. The van der Waals surface area contributed by atoms with Crippen LogP contribution in [0.1, 0.15) is 32.8 Å². The van der Waals surface area contributed by atoms with Crippen LogP contribution in [0.5, 0.6) is 5.75 Å². The van der Waals surface area contributed by atoms with Gasteiger partial charge in [-0.25, -0.2) is 4.79 Å². The van der Waals surface area contributed by atoms with Gasteiger partial charge in [0.2, 0.25) is 5.91 Å². The topological polar surface area (TPSA) is 86.6 Å². The second-order valence-corrected chi connectivity index (χ2v) is 5.83. The molecule has 0 aromatic heterocycles. The number of aromatic hydroxyl groups is 1. The highest BCUT2D eigenvalue weighted by Crippen LogP contribution is 2.20. The second kappa shape index (κ2) is 6.41. The van der Waals surface area contributed by atoms with Gasteiger partial charge in [0.25, 0.3) is 0 Å². The zero-order valence-electron chi connectivity index (χ0n) is 12.0. The van der Waals surface area contributed by atoms with Gasteiger partial charge in [-0.2, -0.15) is 0 Å². The predicted molar refractivity (Wildman–Crippen MR) is 75.4 cm³/mol. The molecule has 0 aliphatic rings. The average Bonchev–Trinajstić information content (AvgIpc) is 2.33. The van der Waals surface area contributed by atoms with Crippen LogP contribution in [0.15, 0.2) is 24.3 Å². The molecule has 5 heteroatoms. The molecule has 110 valence electrons. The number of rotatable bonds is 5. The SMILES string of the molecule is CC(C)(C)C(NC(=O)CCc1ccccc1O)C(=O)O. The maximum absolute atomic E-state index is 11.8. The van der Waals surface area contributed by atoms with Gasteiger partial charge in [-0.05, 0) is 23.5 Å². The van der Waals surface area contributed by atoms with E-state index in [1.54, 1.807) is 45.0 Å². The number of carbonyl (C=O) groups excluding carboxylic acids is 1. The zero-order valence-corrected chi connectivity index (χ0v) is 12.0. The van der Waals surface area contributed by atoms with Crippen molar-refractivity contribution in [3.05, 3.63) is 29.8 Å². The lowest BCUT2D eigenvalue weighted by Gasteiger charge is -2.27. The van der Waals surface area contributed by atoms with Crippen LogP contribution in [-0.2, 0) is 16.0 Å². The zero-order chi connectivity index (χ0) is 15.3. The van der Waals surface area contributed by atoms with Crippen LogP contribution < -0.4 is 5.32 Å². The third kappa shape index (κ3) is 4.57. The molecule has 0 heterocycles. The number of nitrogens with one attached hydrogen (secondary N) is 1. The smallest absolute Gasteiger partial charge is 0.326 e. The molecule has 1 aromatic rings. The summed E-state index contributed by atoms with van der Waals surface area (Å²) in [5, 5.41) is 21.3. The van der Waals surface area contributed by atoms with Gasteiger partial charge in [0.1, 0.15) is 11.8 Å². The van der Waals surface area contributed by atoms with E-state index in [0.717, 1.165) is 0 Å². The monoisotopic (exact) mass is 279 g/mol. The summed E-state index contributed by atoms with van der Waals surface area (Å²) in [5.74, 6) is -1.24. The fraction of sp³-hybridized carbons (Fsp3) is 0.467. The van der Waals surface area contributed by atoms with Gasteiger partial charge in [-0.15, -0.1) is 0 Å². The van der Waals surface area contributed by atoms with E-state index in [2.05, 4.69) is 5.32 Å². The third-order valence-electron chi connectivity index (χ3n) is 3.03. The Kier molecular flexibility index (Phi) is 5.13. The maximum Gasteiger partial charge on any atom is 0.326 e. The van der Waals surface area contributed by atoms with Gasteiger partial charge in [-0.3, -0.25) is 4.79 Å². The molecule has 0 saturated heterocycles. The Morgan fingerprint density at radius 1 is 1.25 bits per heavy atom. The van der Waals surface area contributed by atoms with E-state index in [4.69, 9.17) is 5.11 Å². The summed E-state index contributed by atoms with van der Waals surface area (Å²) >= 11 is 0. The Balaban J connectivity index is 2.60. The van der Waals surface area contributed by atoms with Crippen LogP contribution in [0.25, 0.3) is 0 Å². The van der Waals surface area contributed by atoms with E-state index in [0.29, 0.717) is 12.0 Å². The van der Waals surface area contributed by atoms with Crippen molar-refractivity contribution in [1.82, 2.24) is 5.32 Å². The van der Waals surface area contributed by atoms with Crippen molar-refractivity contribution in [3.8, 4) is 5.75 Å². The van der Waals surface area contributed by atoms with Crippen molar-refractivity contribution in [3.63, 3.8) is 0 Å². The van der Waals surface area contributed by atoms with Crippen LogP contribution in [-0.4, -0.2) is 28.1 Å². The van der Waals surface area contributed by atoms with Crippen molar-refractivity contribution in [2.75, 3.05) is 0 Å². The lowest BCUT2D eigenvalue weighted by atomic mass is 9.86. The number of amides is 1. The van der Waals surface area contributed by atoms with Crippen LogP contribution in [0.2, 0.25) is 0 Å². The molecule has 1 aromatic carbocycles. The number of aliphatic carboxylic acids is 1. The number of carbonyl (C=O) groups is 2. The van der Waals surface area contributed by atoms with Gasteiger partial charge in [0.15, 0.2) is 0 Å². The average molecular weight is 279 g/mol. The van der Waals surface area contributed by atoms with Crippen LogP contribution in [0, 0.1) is 5.41 Å². The molecule has 1 rings (SSSR count). The van der Waals surface area contributed by atoms with Crippen LogP contribution in [0.3, 0.4) is 0 Å². The first-order valence-electron chi connectivity index (χ1n) is 6.51. The van der Waals surface area contributed by atoms with Gasteiger partial charge in [0, 0.05) is 6.42 Å². The van der Waals surface area contributed by atoms with Crippen LogP contribution in [0.4, 0.5) is 0 Å². The number of carboxylic acids is 1. The molecule has 1 unspecified atom stereocenters. The van der Waals surface area contributed by atoms with Gasteiger partial charge < -0.3 is 15.5 Å². The number of phenols is 1. The van der Waals surface area contributed by atoms with E-state index in [9.17, 15) is 14.7 Å². The first kappa shape index (κ1) is 16.0. The first-order valence-corrected chi connectivity index (χ1v) is 6.51. The summed E-state index contributed by atoms with van der Waals surface area (Å²) in [6, 6.07) is 5.85. The molecule has 5 nitrogen and oxygen atoms in total. The number of para-hydroxylation sites is 1. The second-order valence-electron chi connectivity index (χ2n) is 5.83. The Labute approximate surface area is 118 Å². The minimum Gasteiger partial charge on any atom is -0.508 e. The number of hydrogen-bond acceptors (Lipinski definition) is 3. The van der Waals surface area contributed by atoms with Crippen molar-refractivity contribution < 1.29 is 19.8 Å². The summed E-state index contributed by atoms with van der Waals surface area (Å²) in [4.78, 5) is 23.0. The summed E-state index contributed by atoms with van der Waals surface area (Å²) in [6.07, 6.45) is 0.506. The summed E-state index contributed by atoms with van der Waals surface area (Å²) in [7, 11) is 0. The fourth-order valence-corrected chi connectivity index (χ4v) is 1.85. The van der Waals surface area contributed by atoms with Crippen molar-refractivity contribution in [2.24, 2.45) is 5.41 Å². The van der Waals surface area contributed by atoms with Gasteiger partial charge in [0.05, 0.1) is 0 Å². The lowest BCUT2D eigenvalue weighted by Crippen LogP contribution is -2.49. The Bertz CT molecular complexity index is 491. The summed E-state index contributed by atoms with van der Waals surface area (Å²) < 4.78 is 0. The molecule has 0 aliphatic heterocycles. The molecule has 0 fully saturated rings.